The first-order chi connectivity index (χ1) is 9.60. The molecule has 2 rings (SSSR count). The maximum Gasteiger partial charge on any atom is 0.335 e. The van der Waals surface area contributed by atoms with E-state index in [9.17, 15) is 4.79 Å². The number of carboxylic acids is 1. The lowest BCUT2D eigenvalue weighted by Crippen LogP contribution is -2.14. The molecule has 20 heavy (non-hydrogen) atoms. The second-order valence-corrected chi connectivity index (χ2v) is 5.37. The Morgan fingerprint density at radius 1 is 1.20 bits per heavy atom. The van der Waals surface area contributed by atoms with Crippen LogP contribution in [-0.4, -0.2) is 17.3 Å². The van der Waals surface area contributed by atoms with E-state index in [0.717, 1.165) is 17.8 Å². The van der Waals surface area contributed by atoms with E-state index < -0.39 is 5.97 Å². The second kappa shape index (κ2) is 6.48. The van der Waals surface area contributed by atoms with E-state index in [-0.39, 0.29) is 0 Å². The van der Waals surface area contributed by atoms with Crippen LogP contribution in [-0.2, 0) is 6.54 Å². The van der Waals surface area contributed by atoms with Crippen molar-refractivity contribution in [1.29, 1.82) is 0 Å². The van der Waals surface area contributed by atoms with Gasteiger partial charge in [-0.3, -0.25) is 0 Å². The van der Waals surface area contributed by atoms with Crippen molar-refractivity contribution in [3.8, 4) is 0 Å². The standard InChI is InChI=1S/C16H17NO2S/c1-12-8-14(16(18)19)10-15(9-12)17(20-2)11-13-6-4-3-5-7-13/h3-10H,11H2,1-2H3,(H,18,19). The predicted octanol–water partition coefficient (Wildman–Crippen LogP) is 3.98. The van der Waals surface area contributed by atoms with Crippen molar-refractivity contribution >= 4 is 23.6 Å². The second-order valence-electron chi connectivity index (χ2n) is 4.57. The average Bonchev–Trinajstić information content (AvgIpc) is 2.45. The van der Waals surface area contributed by atoms with Gasteiger partial charge in [-0.25, -0.2) is 4.79 Å². The van der Waals surface area contributed by atoms with Gasteiger partial charge < -0.3 is 9.41 Å². The van der Waals surface area contributed by atoms with Crippen LogP contribution in [0.5, 0.6) is 0 Å². The van der Waals surface area contributed by atoms with E-state index in [1.54, 1.807) is 24.1 Å². The number of hydrogen-bond donors (Lipinski definition) is 1. The Morgan fingerprint density at radius 3 is 2.50 bits per heavy atom. The van der Waals surface area contributed by atoms with Crippen LogP contribution < -0.4 is 4.31 Å². The summed E-state index contributed by atoms with van der Waals surface area (Å²) in [4.78, 5) is 11.1. The molecule has 0 aliphatic carbocycles. The van der Waals surface area contributed by atoms with E-state index >= 15 is 0 Å². The zero-order chi connectivity index (χ0) is 14.5. The van der Waals surface area contributed by atoms with Gasteiger partial charge in [-0.05, 0) is 36.2 Å². The number of rotatable bonds is 5. The molecular formula is C16H17NO2S. The summed E-state index contributed by atoms with van der Waals surface area (Å²) < 4.78 is 2.09. The number of nitrogens with zero attached hydrogens (tertiary/aromatic N) is 1. The summed E-state index contributed by atoms with van der Waals surface area (Å²) in [7, 11) is 0. The van der Waals surface area contributed by atoms with E-state index in [0.29, 0.717) is 5.56 Å². The number of anilines is 1. The Labute approximate surface area is 123 Å². The van der Waals surface area contributed by atoms with Gasteiger partial charge in [-0.15, -0.1) is 0 Å². The number of hydrogen-bond acceptors (Lipinski definition) is 3. The van der Waals surface area contributed by atoms with Crippen LogP contribution in [0.25, 0.3) is 0 Å². The normalized spacial score (nSPS) is 10.3. The van der Waals surface area contributed by atoms with Crippen LogP contribution in [0.3, 0.4) is 0 Å². The molecule has 0 bridgehead atoms. The fourth-order valence-electron chi connectivity index (χ4n) is 2.04. The van der Waals surface area contributed by atoms with Crippen molar-refractivity contribution in [3.05, 3.63) is 65.2 Å². The molecule has 0 aliphatic heterocycles. The van der Waals surface area contributed by atoms with Gasteiger partial charge in [0, 0.05) is 11.9 Å². The van der Waals surface area contributed by atoms with E-state index in [4.69, 9.17) is 5.11 Å². The van der Waals surface area contributed by atoms with Gasteiger partial charge in [0.25, 0.3) is 0 Å². The molecule has 104 valence electrons. The van der Waals surface area contributed by atoms with Crippen LogP contribution in [0.4, 0.5) is 5.69 Å². The molecule has 1 N–H and O–H groups in total. The number of benzene rings is 2. The largest absolute Gasteiger partial charge is 0.478 e. The quantitative estimate of drug-likeness (QED) is 0.845. The molecule has 0 saturated heterocycles. The molecule has 0 aliphatic rings. The maximum absolute atomic E-state index is 11.1. The Hall–Kier alpha value is -1.94. The zero-order valence-corrected chi connectivity index (χ0v) is 12.4. The Morgan fingerprint density at radius 2 is 1.90 bits per heavy atom. The summed E-state index contributed by atoms with van der Waals surface area (Å²) in [6, 6.07) is 15.5. The summed E-state index contributed by atoms with van der Waals surface area (Å²) >= 11 is 1.59. The van der Waals surface area contributed by atoms with Gasteiger partial charge in [0.15, 0.2) is 0 Å². The predicted molar refractivity (Wildman–Crippen MR) is 84.3 cm³/mol. The van der Waals surface area contributed by atoms with Crippen LogP contribution in [0, 0.1) is 6.92 Å². The Balaban J connectivity index is 2.29. The lowest BCUT2D eigenvalue weighted by atomic mass is 10.1. The van der Waals surface area contributed by atoms with Crippen LogP contribution in [0.1, 0.15) is 21.5 Å². The van der Waals surface area contributed by atoms with Gasteiger partial charge in [-0.2, -0.15) is 0 Å². The van der Waals surface area contributed by atoms with Crippen molar-refractivity contribution in [2.45, 2.75) is 13.5 Å². The molecule has 0 radical (unpaired) electrons. The van der Waals surface area contributed by atoms with Crippen molar-refractivity contribution in [1.82, 2.24) is 0 Å². The van der Waals surface area contributed by atoms with Crippen molar-refractivity contribution in [3.63, 3.8) is 0 Å². The van der Waals surface area contributed by atoms with Gasteiger partial charge in [-0.1, -0.05) is 42.3 Å². The molecule has 0 heterocycles. The third kappa shape index (κ3) is 3.54. The average molecular weight is 287 g/mol. The summed E-state index contributed by atoms with van der Waals surface area (Å²) in [5, 5.41) is 9.15. The van der Waals surface area contributed by atoms with Crippen LogP contribution >= 0.6 is 11.9 Å². The highest BCUT2D eigenvalue weighted by molar-refractivity contribution is 7.99. The zero-order valence-electron chi connectivity index (χ0n) is 11.5. The highest BCUT2D eigenvalue weighted by Crippen LogP contribution is 2.26. The summed E-state index contributed by atoms with van der Waals surface area (Å²) in [6.45, 7) is 2.65. The topological polar surface area (TPSA) is 40.5 Å². The lowest BCUT2D eigenvalue weighted by molar-refractivity contribution is 0.0697. The van der Waals surface area contributed by atoms with Crippen LogP contribution in [0.2, 0.25) is 0 Å². The summed E-state index contributed by atoms with van der Waals surface area (Å²) in [5.74, 6) is -0.893. The first-order valence-electron chi connectivity index (χ1n) is 6.30. The van der Waals surface area contributed by atoms with Gasteiger partial charge >= 0.3 is 5.97 Å². The van der Waals surface area contributed by atoms with Gasteiger partial charge in [0.1, 0.15) is 0 Å². The van der Waals surface area contributed by atoms with Crippen LogP contribution in [0.15, 0.2) is 48.5 Å². The monoisotopic (exact) mass is 287 g/mol. The number of carbonyl (C=O) groups is 1. The summed E-state index contributed by atoms with van der Waals surface area (Å²) in [5.41, 5.74) is 3.39. The number of carboxylic acid groups (broad SMARTS) is 1. The van der Waals surface area contributed by atoms with Gasteiger partial charge in [0.05, 0.1) is 12.1 Å². The first kappa shape index (κ1) is 14.5. The summed E-state index contributed by atoms with van der Waals surface area (Å²) in [6.07, 6.45) is 1.99. The molecule has 0 atom stereocenters. The molecule has 0 aromatic heterocycles. The molecule has 3 nitrogen and oxygen atoms in total. The molecule has 0 saturated carbocycles. The minimum atomic E-state index is -0.893. The Kier molecular flexibility index (Phi) is 4.69. The highest BCUT2D eigenvalue weighted by Gasteiger charge is 2.11. The molecule has 0 amide bonds. The van der Waals surface area contributed by atoms with Crippen molar-refractivity contribution in [2.24, 2.45) is 0 Å². The number of aryl methyl sites for hydroxylation is 1. The fourth-order valence-corrected chi connectivity index (χ4v) is 2.64. The third-order valence-corrected chi connectivity index (χ3v) is 3.77. The Bertz CT molecular complexity index is 599. The maximum atomic E-state index is 11.1. The van der Waals surface area contributed by atoms with E-state index in [1.807, 2.05) is 37.4 Å². The highest BCUT2D eigenvalue weighted by atomic mass is 32.2. The smallest absolute Gasteiger partial charge is 0.335 e. The lowest BCUT2D eigenvalue weighted by Gasteiger charge is -2.22. The molecule has 0 fully saturated rings. The molecule has 0 unspecified atom stereocenters. The molecule has 4 heteroatoms. The molecule has 2 aromatic carbocycles. The van der Waals surface area contributed by atoms with Gasteiger partial charge in [0.2, 0.25) is 0 Å². The molecule has 2 aromatic rings. The molecule has 0 spiro atoms. The SMILES string of the molecule is CSN(Cc1ccccc1)c1cc(C)cc(C(=O)O)c1. The van der Waals surface area contributed by atoms with Crippen molar-refractivity contribution in [2.75, 3.05) is 10.6 Å². The number of aromatic carboxylic acids is 1. The first-order valence-corrected chi connectivity index (χ1v) is 7.49. The third-order valence-electron chi connectivity index (χ3n) is 2.99. The minimum Gasteiger partial charge on any atom is -0.478 e. The van der Waals surface area contributed by atoms with E-state index in [1.165, 1.54) is 5.56 Å². The fraction of sp³-hybridized carbons (Fsp3) is 0.188. The van der Waals surface area contributed by atoms with E-state index in [2.05, 4.69) is 16.4 Å². The van der Waals surface area contributed by atoms with Crippen molar-refractivity contribution < 1.29 is 9.90 Å². The minimum absolute atomic E-state index is 0.326. The molecular weight excluding hydrogens is 270 g/mol.